The molecule has 0 aliphatic heterocycles. The van der Waals surface area contributed by atoms with Gasteiger partial charge in [0.2, 0.25) is 0 Å². The first kappa shape index (κ1) is 15.2. The summed E-state index contributed by atoms with van der Waals surface area (Å²) in [6, 6.07) is 6.47. The molecule has 1 aromatic carbocycles. The van der Waals surface area contributed by atoms with Crippen LogP contribution < -0.4 is 4.74 Å². The maximum Gasteiger partial charge on any atom is 0.162 e. The Kier molecular flexibility index (Phi) is 5.72. The second-order valence-corrected chi connectivity index (χ2v) is 5.55. The number of hydrogen-bond donors (Lipinski definition) is 1. The second-order valence-electron chi connectivity index (χ2n) is 5.55. The van der Waals surface area contributed by atoms with Crippen molar-refractivity contribution in [2.45, 2.75) is 58.5 Å². The van der Waals surface area contributed by atoms with Crippen molar-refractivity contribution in [1.82, 2.24) is 4.90 Å². The van der Waals surface area contributed by atoms with Crippen LogP contribution in [0.1, 0.15) is 51.5 Å². The van der Waals surface area contributed by atoms with E-state index in [1.807, 2.05) is 25.1 Å². The molecule has 2 rings (SSSR count). The first-order chi connectivity index (χ1) is 9.76. The smallest absolute Gasteiger partial charge is 0.162 e. The summed E-state index contributed by atoms with van der Waals surface area (Å²) < 4.78 is 5.47. The summed E-state index contributed by atoms with van der Waals surface area (Å²) in [7, 11) is 0. The van der Waals surface area contributed by atoms with Crippen molar-refractivity contribution in [2.75, 3.05) is 13.2 Å². The van der Waals surface area contributed by atoms with Crippen LogP contribution in [0.15, 0.2) is 18.2 Å². The summed E-state index contributed by atoms with van der Waals surface area (Å²) >= 11 is 0. The second kappa shape index (κ2) is 7.53. The molecule has 1 fully saturated rings. The van der Waals surface area contributed by atoms with E-state index >= 15 is 0 Å². The molecule has 1 aliphatic rings. The zero-order chi connectivity index (χ0) is 14.4. The third-order valence-corrected chi connectivity index (χ3v) is 4.25. The molecule has 0 spiro atoms. The molecule has 0 bridgehead atoms. The SMILES string of the molecule is CCOc1cccc(CN(CC)C2CCCCC2)c1O. The van der Waals surface area contributed by atoms with Gasteiger partial charge in [-0.15, -0.1) is 0 Å². The lowest BCUT2D eigenvalue weighted by Crippen LogP contribution is -2.36. The van der Waals surface area contributed by atoms with Crippen molar-refractivity contribution >= 4 is 0 Å². The first-order valence-corrected chi connectivity index (χ1v) is 7.94. The van der Waals surface area contributed by atoms with Crippen LogP contribution in [-0.2, 0) is 6.54 Å². The molecular weight excluding hydrogens is 250 g/mol. The molecule has 112 valence electrons. The Labute approximate surface area is 122 Å². The van der Waals surface area contributed by atoms with Gasteiger partial charge < -0.3 is 9.84 Å². The minimum Gasteiger partial charge on any atom is -0.504 e. The van der Waals surface area contributed by atoms with Gasteiger partial charge in [0, 0.05) is 18.2 Å². The number of benzene rings is 1. The Morgan fingerprint density at radius 2 is 1.95 bits per heavy atom. The van der Waals surface area contributed by atoms with E-state index in [1.165, 1.54) is 32.1 Å². The van der Waals surface area contributed by atoms with Gasteiger partial charge in [-0.1, -0.05) is 38.3 Å². The Morgan fingerprint density at radius 1 is 1.20 bits per heavy atom. The molecule has 1 aromatic rings. The zero-order valence-electron chi connectivity index (χ0n) is 12.8. The summed E-state index contributed by atoms with van der Waals surface area (Å²) in [5.74, 6) is 0.910. The minimum absolute atomic E-state index is 0.309. The highest BCUT2D eigenvalue weighted by atomic mass is 16.5. The van der Waals surface area contributed by atoms with Crippen molar-refractivity contribution in [1.29, 1.82) is 0 Å². The highest BCUT2D eigenvalue weighted by Crippen LogP contribution is 2.32. The Balaban J connectivity index is 2.08. The van der Waals surface area contributed by atoms with E-state index in [2.05, 4.69) is 11.8 Å². The normalized spacial score (nSPS) is 16.6. The molecular formula is C17H27NO2. The standard InChI is InChI=1S/C17H27NO2/c1-3-18(15-10-6-5-7-11-15)13-14-9-8-12-16(17(14)19)20-4-2/h8-9,12,15,19H,3-7,10-11,13H2,1-2H3. The van der Waals surface area contributed by atoms with Crippen molar-refractivity contribution in [3.8, 4) is 11.5 Å². The highest BCUT2D eigenvalue weighted by molar-refractivity contribution is 5.45. The molecule has 0 atom stereocenters. The van der Waals surface area contributed by atoms with Crippen molar-refractivity contribution in [2.24, 2.45) is 0 Å². The van der Waals surface area contributed by atoms with Crippen LogP contribution in [0.4, 0.5) is 0 Å². The van der Waals surface area contributed by atoms with E-state index in [-0.39, 0.29) is 0 Å². The largest absolute Gasteiger partial charge is 0.504 e. The summed E-state index contributed by atoms with van der Waals surface area (Å²) in [5.41, 5.74) is 0.975. The molecule has 0 radical (unpaired) electrons. The van der Waals surface area contributed by atoms with E-state index in [0.717, 1.165) is 18.7 Å². The third-order valence-electron chi connectivity index (χ3n) is 4.25. The van der Waals surface area contributed by atoms with Gasteiger partial charge in [0.1, 0.15) is 0 Å². The summed E-state index contributed by atoms with van der Waals surface area (Å²) in [4.78, 5) is 2.49. The highest BCUT2D eigenvalue weighted by Gasteiger charge is 2.21. The fourth-order valence-electron chi connectivity index (χ4n) is 3.13. The van der Waals surface area contributed by atoms with Crippen LogP contribution in [0.25, 0.3) is 0 Å². The lowest BCUT2D eigenvalue weighted by atomic mass is 9.94. The first-order valence-electron chi connectivity index (χ1n) is 7.94. The van der Waals surface area contributed by atoms with E-state index in [4.69, 9.17) is 4.74 Å². The van der Waals surface area contributed by atoms with Crippen molar-refractivity contribution in [3.05, 3.63) is 23.8 Å². The number of nitrogens with zero attached hydrogens (tertiary/aromatic N) is 1. The lowest BCUT2D eigenvalue weighted by molar-refractivity contribution is 0.154. The molecule has 0 unspecified atom stereocenters. The Bertz CT molecular complexity index is 413. The Hall–Kier alpha value is -1.22. The maximum absolute atomic E-state index is 10.3. The van der Waals surface area contributed by atoms with Crippen molar-refractivity contribution in [3.63, 3.8) is 0 Å². The molecule has 0 aromatic heterocycles. The molecule has 0 heterocycles. The molecule has 20 heavy (non-hydrogen) atoms. The van der Waals surface area contributed by atoms with E-state index in [9.17, 15) is 5.11 Å². The predicted molar refractivity (Wildman–Crippen MR) is 82.2 cm³/mol. The van der Waals surface area contributed by atoms with E-state index in [1.54, 1.807) is 0 Å². The molecule has 1 saturated carbocycles. The average molecular weight is 277 g/mol. The van der Waals surface area contributed by atoms with Gasteiger partial charge in [-0.25, -0.2) is 0 Å². The van der Waals surface area contributed by atoms with E-state index in [0.29, 0.717) is 24.1 Å². The minimum atomic E-state index is 0.309. The zero-order valence-corrected chi connectivity index (χ0v) is 12.8. The fraction of sp³-hybridized carbons (Fsp3) is 0.647. The molecule has 1 aliphatic carbocycles. The number of hydrogen-bond acceptors (Lipinski definition) is 3. The predicted octanol–water partition coefficient (Wildman–Crippen LogP) is 3.95. The van der Waals surface area contributed by atoms with Gasteiger partial charge in [0.15, 0.2) is 11.5 Å². The summed E-state index contributed by atoms with van der Waals surface area (Å²) in [6.07, 6.45) is 6.64. The molecule has 1 N–H and O–H groups in total. The monoisotopic (exact) mass is 277 g/mol. The number of aromatic hydroxyl groups is 1. The fourth-order valence-corrected chi connectivity index (χ4v) is 3.13. The lowest BCUT2D eigenvalue weighted by Gasteiger charge is -2.33. The molecule has 3 nitrogen and oxygen atoms in total. The van der Waals surface area contributed by atoms with Crippen LogP contribution in [0.5, 0.6) is 11.5 Å². The average Bonchev–Trinajstić information content (AvgIpc) is 2.49. The van der Waals surface area contributed by atoms with Gasteiger partial charge in [0.05, 0.1) is 6.61 Å². The van der Waals surface area contributed by atoms with Gasteiger partial charge in [-0.3, -0.25) is 4.90 Å². The quantitative estimate of drug-likeness (QED) is 0.854. The summed E-state index contributed by atoms with van der Waals surface area (Å²) in [6.45, 7) is 6.57. The molecule has 0 amide bonds. The number of phenols is 1. The number of rotatable bonds is 6. The van der Waals surface area contributed by atoms with Crippen LogP contribution in [0.3, 0.4) is 0 Å². The van der Waals surface area contributed by atoms with Crippen LogP contribution >= 0.6 is 0 Å². The van der Waals surface area contributed by atoms with Crippen LogP contribution in [-0.4, -0.2) is 29.2 Å². The van der Waals surface area contributed by atoms with Gasteiger partial charge in [-0.2, -0.15) is 0 Å². The van der Waals surface area contributed by atoms with Crippen molar-refractivity contribution < 1.29 is 9.84 Å². The van der Waals surface area contributed by atoms with Gasteiger partial charge >= 0.3 is 0 Å². The third kappa shape index (κ3) is 3.66. The molecule has 0 saturated heterocycles. The number of phenolic OH excluding ortho intramolecular Hbond substituents is 1. The molecule has 3 heteroatoms. The maximum atomic E-state index is 10.3. The van der Waals surface area contributed by atoms with Crippen LogP contribution in [0, 0.1) is 0 Å². The topological polar surface area (TPSA) is 32.7 Å². The van der Waals surface area contributed by atoms with Gasteiger partial charge in [-0.05, 0) is 32.4 Å². The summed E-state index contributed by atoms with van der Waals surface area (Å²) in [5, 5.41) is 10.3. The van der Waals surface area contributed by atoms with Crippen LogP contribution in [0.2, 0.25) is 0 Å². The van der Waals surface area contributed by atoms with E-state index < -0.39 is 0 Å². The Morgan fingerprint density at radius 3 is 2.60 bits per heavy atom. The number of ether oxygens (including phenoxy) is 1. The number of para-hydroxylation sites is 1. The van der Waals surface area contributed by atoms with Gasteiger partial charge in [0.25, 0.3) is 0 Å².